The van der Waals surface area contributed by atoms with Gasteiger partial charge in [-0.2, -0.15) is 0 Å². The van der Waals surface area contributed by atoms with E-state index in [1.54, 1.807) is 11.3 Å². The van der Waals surface area contributed by atoms with Crippen molar-refractivity contribution in [2.24, 2.45) is 0 Å². The lowest BCUT2D eigenvalue weighted by Crippen LogP contribution is -2.15. The normalized spacial score (nSPS) is 16.5. The predicted molar refractivity (Wildman–Crippen MR) is 101 cm³/mol. The molecule has 2 aromatic carbocycles. The molecule has 0 fully saturated rings. The average molecular weight is 352 g/mol. The quantitative estimate of drug-likeness (QED) is 0.771. The molecule has 0 amide bonds. The monoisotopic (exact) mass is 352 g/mol. The van der Waals surface area contributed by atoms with Gasteiger partial charge in [0.05, 0.1) is 23.8 Å². The first-order valence-electron chi connectivity index (χ1n) is 8.31. The molecular weight excluding hydrogens is 332 g/mol. The molecule has 3 aromatic rings. The number of aliphatic hydroxyl groups excluding tert-OH is 1. The molecule has 0 spiro atoms. The second-order valence-corrected chi connectivity index (χ2v) is 7.28. The maximum absolute atomic E-state index is 10.0. The van der Waals surface area contributed by atoms with Crippen molar-refractivity contribution >= 4 is 17.0 Å². The van der Waals surface area contributed by atoms with E-state index >= 15 is 0 Å². The Kier molecular flexibility index (Phi) is 4.53. The number of hydrogen-bond acceptors (Lipinski definition) is 5. The third-order valence-electron chi connectivity index (χ3n) is 4.36. The number of anilines is 1. The molecule has 0 aliphatic carbocycles. The second-order valence-electron chi connectivity index (χ2n) is 6.25. The summed E-state index contributed by atoms with van der Waals surface area (Å²) in [5.74, 6) is 0. The molecule has 1 N–H and O–H groups in total. The molecule has 0 saturated heterocycles. The number of fused-ring (bicyclic) bond motifs is 1. The molecule has 1 aliphatic rings. The van der Waals surface area contributed by atoms with Gasteiger partial charge >= 0.3 is 0 Å². The topological polar surface area (TPSA) is 45.6 Å². The highest BCUT2D eigenvalue weighted by Crippen LogP contribution is 2.35. The summed E-state index contributed by atoms with van der Waals surface area (Å²) in [7, 11) is 2.10. The maximum atomic E-state index is 10.0. The first-order valence-corrected chi connectivity index (χ1v) is 9.13. The van der Waals surface area contributed by atoms with E-state index in [4.69, 9.17) is 4.74 Å². The molecule has 1 atom stereocenters. The Balaban J connectivity index is 1.52. The lowest BCUT2D eigenvalue weighted by atomic mass is 10.1. The highest BCUT2D eigenvalue weighted by molar-refractivity contribution is 7.15. The van der Waals surface area contributed by atoms with Crippen molar-refractivity contribution in [3.8, 4) is 10.6 Å². The van der Waals surface area contributed by atoms with Gasteiger partial charge in [-0.15, -0.1) is 11.3 Å². The fourth-order valence-electron chi connectivity index (χ4n) is 3.00. The standard InChI is InChI=1S/C20H20N2O2S/c1-22(11-14-5-3-2-4-6-14)16-9-7-15(8-10-16)20-21-17-12-24-13-18(23)19(17)25-20/h2-10,18,23H,11-13H2,1H3. The zero-order valence-corrected chi connectivity index (χ0v) is 14.9. The van der Waals surface area contributed by atoms with Crippen LogP contribution in [0.4, 0.5) is 5.69 Å². The Labute approximate surface area is 151 Å². The Bertz CT molecular complexity index is 846. The molecule has 5 heteroatoms. The highest BCUT2D eigenvalue weighted by Gasteiger charge is 2.23. The van der Waals surface area contributed by atoms with E-state index in [1.807, 2.05) is 6.07 Å². The zero-order chi connectivity index (χ0) is 17.2. The molecule has 128 valence electrons. The van der Waals surface area contributed by atoms with Gasteiger partial charge in [-0.3, -0.25) is 0 Å². The van der Waals surface area contributed by atoms with Crippen molar-refractivity contribution in [3.05, 3.63) is 70.7 Å². The molecule has 4 rings (SSSR count). The Morgan fingerprint density at radius 1 is 1.16 bits per heavy atom. The van der Waals surface area contributed by atoms with E-state index in [0.29, 0.717) is 13.2 Å². The lowest BCUT2D eigenvalue weighted by Gasteiger charge is -2.19. The largest absolute Gasteiger partial charge is 0.385 e. The molecule has 1 aromatic heterocycles. The van der Waals surface area contributed by atoms with Gasteiger partial charge in [0.25, 0.3) is 0 Å². The summed E-state index contributed by atoms with van der Waals surface area (Å²) in [6.07, 6.45) is -0.550. The van der Waals surface area contributed by atoms with E-state index in [0.717, 1.165) is 33.4 Å². The Hall–Kier alpha value is -2.21. The third kappa shape index (κ3) is 3.44. The van der Waals surface area contributed by atoms with Crippen LogP contribution in [0.3, 0.4) is 0 Å². The summed E-state index contributed by atoms with van der Waals surface area (Å²) in [4.78, 5) is 7.80. The van der Waals surface area contributed by atoms with E-state index in [1.165, 1.54) is 5.56 Å². The molecular formula is C20H20N2O2S. The van der Waals surface area contributed by atoms with Crippen molar-refractivity contribution in [1.29, 1.82) is 0 Å². The Morgan fingerprint density at radius 3 is 2.64 bits per heavy atom. The predicted octanol–water partition coefficient (Wildman–Crippen LogP) is 4.01. The molecule has 4 nitrogen and oxygen atoms in total. The fourth-order valence-corrected chi connectivity index (χ4v) is 4.05. The van der Waals surface area contributed by atoms with E-state index in [2.05, 4.69) is 65.5 Å². The molecule has 0 radical (unpaired) electrons. The smallest absolute Gasteiger partial charge is 0.124 e. The van der Waals surface area contributed by atoms with E-state index in [-0.39, 0.29) is 0 Å². The highest BCUT2D eigenvalue weighted by atomic mass is 32.1. The van der Waals surface area contributed by atoms with Crippen molar-refractivity contribution < 1.29 is 9.84 Å². The van der Waals surface area contributed by atoms with Gasteiger partial charge in [-0.25, -0.2) is 4.98 Å². The summed E-state index contributed by atoms with van der Waals surface area (Å²) in [6, 6.07) is 18.9. The summed E-state index contributed by atoms with van der Waals surface area (Å²) in [6.45, 7) is 1.72. The molecule has 0 bridgehead atoms. The van der Waals surface area contributed by atoms with Crippen LogP contribution in [0.5, 0.6) is 0 Å². The fraction of sp³-hybridized carbons (Fsp3) is 0.250. The van der Waals surface area contributed by atoms with Crippen LogP contribution in [-0.2, 0) is 17.9 Å². The summed E-state index contributed by atoms with van der Waals surface area (Å²) < 4.78 is 5.35. The van der Waals surface area contributed by atoms with Crippen LogP contribution in [0.15, 0.2) is 54.6 Å². The van der Waals surface area contributed by atoms with Gasteiger partial charge < -0.3 is 14.7 Å². The van der Waals surface area contributed by atoms with Gasteiger partial charge in [-0.1, -0.05) is 30.3 Å². The first kappa shape index (κ1) is 16.3. The molecule has 0 saturated carbocycles. The molecule has 1 aliphatic heterocycles. The first-order chi connectivity index (χ1) is 12.2. The third-order valence-corrected chi connectivity index (χ3v) is 5.61. The number of hydrogen-bond donors (Lipinski definition) is 1. The van der Waals surface area contributed by atoms with Gasteiger partial charge in [0.15, 0.2) is 0 Å². The maximum Gasteiger partial charge on any atom is 0.124 e. The van der Waals surface area contributed by atoms with E-state index in [9.17, 15) is 5.11 Å². The minimum atomic E-state index is -0.550. The number of aromatic nitrogens is 1. The van der Waals surface area contributed by atoms with Crippen LogP contribution < -0.4 is 4.90 Å². The molecule has 1 unspecified atom stereocenters. The lowest BCUT2D eigenvalue weighted by molar-refractivity contribution is 0.0106. The van der Waals surface area contributed by atoms with Crippen LogP contribution >= 0.6 is 11.3 Å². The summed E-state index contributed by atoms with van der Waals surface area (Å²) in [5.41, 5.74) is 4.39. The summed E-state index contributed by atoms with van der Waals surface area (Å²) in [5, 5.41) is 11.0. The van der Waals surface area contributed by atoms with Gasteiger partial charge in [0.1, 0.15) is 11.1 Å². The van der Waals surface area contributed by atoms with Crippen molar-refractivity contribution in [1.82, 2.24) is 4.98 Å². The zero-order valence-electron chi connectivity index (χ0n) is 14.1. The van der Waals surface area contributed by atoms with Crippen LogP contribution in [0.25, 0.3) is 10.6 Å². The van der Waals surface area contributed by atoms with Crippen molar-refractivity contribution in [2.75, 3.05) is 18.6 Å². The van der Waals surface area contributed by atoms with Crippen molar-refractivity contribution in [2.45, 2.75) is 19.3 Å². The Morgan fingerprint density at radius 2 is 1.92 bits per heavy atom. The van der Waals surface area contributed by atoms with Crippen LogP contribution in [-0.4, -0.2) is 23.7 Å². The summed E-state index contributed by atoms with van der Waals surface area (Å²) >= 11 is 1.56. The van der Waals surface area contributed by atoms with Gasteiger partial charge in [0.2, 0.25) is 0 Å². The number of aliphatic hydroxyl groups is 1. The number of nitrogens with zero attached hydrogens (tertiary/aromatic N) is 2. The number of rotatable bonds is 4. The second kappa shape index (κ2) is 6.96. The minimum absolute atomic E-state index is 0.359. The van der Waals surface area contributed by atoms with Crippen LogP contribution in [0.1, 0.15) is 22.2 Å². The van der Waals surface area contributed by atoms with Gasteiger partial charge in [-0.05, 0) is 29.8 Å². The average Bonchev–Trinajstić information content (AvgIpc) is 3.08. The van der Waals surface area contributed by atoms with Crippen LogP contribution in [0, 0.1) is 0 Å². The molecule has 25 heavy (non-hydrogen) atoms. The number of benzene rings is 2. The van der Waals surface area contributed by atoms with E-state index < -0.39 is 6.10 Å². The molecule has 2 heterocycles. The number of ether oxygens (including phenoxy) is 1. The van der Waals surface area contributed by atoms with Crippen molar-refractivity contribution in [3.63, 3.8) is 0 Å². The van der Waals surface area contributed by atoms with Crippen LogP contribution in [0.2, 0.25) is 0 Å². The SMILES string of the molecule is CN(Cc1ccccc1)c1ccc(-c2nc3c(s2)C(O)COC3)cc1. The number of thiazole rings is 1. The van der Waals surface area contributed by atoms with Gasteiger partial charge in [0, 0.05) is 24.8 Å². The minimum Gasteiger partial charge on any atom is -0.385 e.